The molecule has 0 aliphatic heterocycles. The lowest BCUT2D eigenvalue weighted by Gasteiger charge is -2.10. The predicted octanol–water partition coefficient (Wildman–Crippen LogP) is 4.60. The van der Waals surface area contributed by atoms with Crippen LogP contribution in [0, 0.1) is 0 Å². The maximum Gasteiger partial charge on any atom is 0.345 e. The van der Waals surface area contributed by atoms with E-state index >= 15 is 0 Å². The number of ether oxygens (including phenoxy) is 2. The van der Waals surface area contributed by atoms with Gasteiger partial charge >= 0.3 is 5.97 Å². The van der Waals surface area contributed by atoms with E-state index in [-0.39, 0.29) is 34.5 Å². The van der Waals surface area contributed by atoms with E-state index in [9.17, 15) is 14.4 Å². The zero-order valence-corrected chi connectivity index (χ0v) is 20.5. The van der Waals surface area contributed by atoms with Gasteiger partial charge in [-0.3, -0.25) is 9.59 Å². The summed E-state index contributed by atoms with van der Waals surface area (Å²) >= 11 is 6.05. The first-order valence-corrected chi connectivity index (χ1v) is 11.6. The van der Waals surface area contributed by atoms with Gasteiger partial charge < -0.3 is 14.8 Å². The van der Waals surface area contributed by atoms with Gasteiger partial charge in [0.05, 0.1) is 30.5 Å². The van der Waals surface area contributed by atoms with E-state index in [2.05, 4.69) is 15.8 Å². The van der Waals surface area contributed by atoms with Crippen molar-refractivity contribution in [2.75, 3.05) is 13.7 Å². The summed E-state index contributed by atoms with van der Waals surface area (Å²) in [6, 6.07) is 24.2. The zero-order valence-electron chi connectivity index (χ0n) is 19.7. The molecule has 0 heterocycles. The second-order valence-corrected chi connectivity index (χ2v) is 8.19. The zero-order chi connectivity index (χ0) is 26.2. The molecule has 9 heteroatoms. The Bertz CT molecular complexity index is 1500. The van der Waals surface area contributed by atoms with Gasteiger partial charge in [-0.2, -0.15) is 5.10 Å². The number of hydrazone groups is 1. The van der Waals surface area contributed by atoms with Crippen LogP contribution < -0.4 is 20.2 Å². The van der Waals surface area contributed by atoms with Gasteiger partial charge in [0.1, 0.15) is 0 Å². The smallest absolute Gasteiger partial charge is 0.345 e. The molecular weight excluding hydrogens is 494 g/mol. The minimum Gasteiger partial charge on any atom is -0.493 e. The van der Waals surface area contributed by atoms with Crippen LogP contribution in [0.2, 0.25) is 5.02 Å². The third-order valence-electron chi connectivity index (χ3n) is 5.33. The Morgan fingerprint density at radius 3 is 2.43 bits per heavy atom. The van der Waals surface area contributed by atoms with Gasteiger partial charge in [0.25, 0.3) is 11.8 Å². The molecule has 0 fully saturated rings. The topological polar surface area (TPSA) is 106 Å². The van der Waals surface area contributed by atoms with Crippen LogP contribution in [0.5, 0.6) is 11.5 Å². The molecule has 0 saturated carbocycles. The van der Waals surface area contributed by atoms with Crippen LogP contribution in [0.1, 0.15) is 26.3 Å². The highest BCUT2D eigenvalue weighted by Gasteiger charge is 2.15. The summed E-state index contributed by atoms with van der Waals surface area (Å²) in [6.07, 6.45) is 1.40. The number of amides is 2. The summed E-state index contributed by atoms with van der Waals surface area (Å²) in [5.41, 5.74) is 3.65. The Hall–Kier alpha value is -4.69. The van der Waals surface area contributed by atoms with E-state index in [0.717, 1.165) is 10.8 Å². The molecule has 4 aromatic carbocycles. The predicted molar refractivity (Wildman–Crippen MR) is 141 cm³/mol. The fourth-order valence-corrected chi connectivity index (χ4v) is 3.74. The number of hydrogen-bond donors (Lipinski definition) is 2. The normalized spacial score (nSPS) is 10.8. The van der Waals surface area contributed by atoms with Crippen molar-refractivity contribution in [2.45, 2.75) is 0 Å². The van der Waals surface area contributed by atoms with Crippen LogP contribution in [0.25, 0.3) is 10.8 Å². The number of esters is 1. The average Bonchev–Trinajstić information content (AvgIpc) is 2.92. The lowest BCUT2D eigenvalue weighted by Crippen LogP contribution is -2.35. The highest BCUT2D eigenvalue weighted by molar-refractivity contribution is 6.33. The number of nitrogens with one attached hydrogen (secondary N) is 2. The van der Waals surface area contributed by atoms with Crippen molar-refractivity contribution in [3.05, 3.63) is 107 Å². The van der Waals surface area contributed by atoms with Gasteiger partial charge in [0, 0.05) is 5.56 Å². The lowest BCUT2D eigenvalue weighted by atomic mass is 10.0. The van der Waals surface area contributed by atoms with Crippen LogP contribution >= 0.6 is 11.6 Å². The molecule has 0 aliphatic carbocycles. The van der Waals surface area contributed by atoms with Crippen LogP contribution in [0.15, 0.2) is 90.0 Å². The number of carbonyl (C=O) groups excluding carboxylic acids is 3. The molecule has 0 bridgehead atoms. The second kappa shape index (κ2) is 11.8. The molecule has 0 saturated heterocycles. The van der Waals surface area contributed by atoms with Crippen LogP contribution in [-0.2, 0) is 4.79 Å². The largest absolute Gasteiger partial charge is 0.493 e. The van der Waals surface area contributed by atoms with Gasteiger partial charge in [-0.05, 0) is 52.7 Å². The molecule has 8 nitrogen and oxygen atoms in total. The standard InChI is InChI=1S/C28H22ClN3O5/c1-36-25-15-18(13-14-24(25)37-28(35)22-10-4-5-12-23(22)29)16-31-32-26(33)17-30-27(34)21-11-6-8-19-7-2-3-9-20(19)21/h2-16H,17H2,1H3,(H,30,34)(H,32,33)/b31-16+. The number of rotatable bonds is 8. The van der Waals surface area contributed by atoms with Crippen LogP contribution in [0.4, 0.5) is 0 Å². The summed E-state index contributed by atoms with van der Waals surface area (Å²) in [6.45, 7) is -0.250. The van der Waals surface area contributed by atoms with Gasteiger partial charge in [-0.25, -0.2) is 10.2 Å². The van der Waals surface area contributed by atoms with Crippen molar-refractivity contribution in [2.24, 2.45) is 5.10 Å². The highest BCUT2D eigenvalue weighted by Crippen LogP contribution is 2.29. The first kappa shape index (κ1) is 25.4. The molecule has 2 N–H and O–H groups in total. The lowest BCUT2D eigenvalue weighted by molar-refractivity contribution is -0.120. The summed E-state index contributed by atoms with van der Waals surface area (Å²) in [5.74, 6) is -0.990. The molecule has 4 aromatic rings. The van der Waals surface area contributed by atoms with Crippen molar-refractivity contribution in [1.82, 2.24) is 10.7 Å². The highest BCUT2D eigenvalue weighted by atomic mass is 35.5. The third kappa shape index (κ3) is 6.31. The van der Waals surface area contributed by atoms with Crippen molar-refractivity contribution in [1.29, 1.82) is 0 Å². The van der Waals surface area contributed by atoms with Gasteiger partial charge in [-0.1, -0.05) is 60.1 Å². The quantitative estimate of drug-likeness (QED) is 0.154. The van der Waals surface area contributed by atoms with Crippen LogP contribution in [0.3, 0.4) is 0 Å². The van der Waals surface area contributed by atoms with E-state index in [0.29, 0.717) is 11.1 Å². The van der Waals surface area contributed by atoms with Gasteiger partial charge in [0.15, 0.2) is 11.5 Å². The summed E-state index contributed by atoms with van der Waals surface area (Å²) < 4.78 is 10.7. The first-order valence-electron chi connectivity index (χ1n) is 11.2. The number of halogens is 1. The molecule has 0 aromatic heterocycles. The molecule has 0 unspecified atom stereocenters. The average molecular weight is 516 g/mol. The van der Waals surface area contributed by atoms with Gasteiger partial charge in [0.2, 0.25) is 0 Å². The Kier molecular flexibility index (Phi) is 8.12. The SMILES string of the molecule is COc1cc(/C=N/NC(=O)CNC(=O)c2cccc3ccccc23)ccc1OC(=O)c1ccccc1Cl. The molecule has 0 spiro atoms. The molecule has 0 atom stereocenters. The maximum atomic E-state index is 12.6. The third-order valence-corrected chi connectivity index (χ3v) is 5.66. The second-order valence-electron chi connectivity index (χ2n) is 7.78. The van der Waals surface area contributed by atoms with Gasteiger partial charge in [-0.15, -0.1) is 0 Å². The van der Waals surface area contributed by atoms with E-state index in [4.69, 9.17) is 21.1 Å². The maximum absolute atomic E-state index is 12.6. The van der Waals surface area contributed by atoms with Crippen molar-refractivity contribution >= 4 is 46.4 Å². The van der Waals surface area contributed by atoms with Crippen molar-refractivity contribution < 1.29 is 23.9 Å². The minimum atomic E-state index is -0.622. The van der Waals surface area contributed by atoms with E-state index in [1.165, 1.54) is 13.3 Å². The summed E-state index contributed by atoms with van der Waals surface area (Å²) in [5, 5.41) is 8.52. The molecule has 0 radical (unpaired) electrons. The fraction of sp³-hybridized carbons (Fsp3) is 0.0714. The monoisotopic (exact) mass is 515 g/mol. The summed E-state index contributed by atoms with van der Waals surface area (Å²) in [4.78, 5) is 37.2. The fourth-order valence-electron chi connectivity index (χ4n) is 3.53. The molecular formula is C28H22ClN3O5. The molecule has 4 rings (SSSR count). The number of nitrogens with zero attached hydrogens (tertiary/aromatic N) is 1. The Morgan fingerprint density at radius 2 is 1.62 bits per heavy atom. The van der Waals surface area contributed by atoms with Crippen molar-refractivity contribution in [3.63, 3.8) is 0 Å². The molecule has 37 heavy (non-hydrogen) atoms. The Morgan fingerprint density at radius 1 is 0.892 bits per heavy atom. The number of methoxy groups -OCH3 is 1. The minimum absolute atomic E-state index is 0.199. The van der Waals surface area contributed by atoms with Crippen molar-refractivity contribution in [3.8, 4) is 11.5 Å². The number of benzene rings is 4. The molecule has 2 amide bonds. The summed E-state index contributed by atoms with van der Waals surface area (Å²) in [7, 11) is 1.43. The number of carbonyl (C=O) groups is 3. The van der Waals surface area contributed by atoms with E-state index in [1.807, 2.05) is 30.3 Å². The first-order chi connectivity index (χ1) is 18.0. The van der Waals surface area contributed by atoms with E-state index in [1.54, 1.807) is 54.6 Å². The van der Waals surface area contributed by atoms with Crippen LogP contribution in [-0.4, -0.2) is 37.7 Å². The van der Waals surface area contributed by atoms with E-state index < -0.39 is 11.9 Å². The Labute approximate surface area is 217 Å². The molecule has 186 valence electrons. The Balaban J connectivity index is 1.33. The number of fused-ring (bicyclic) bond motifs is 1. The molecule has 0 aliphatic rings. The number of hydrogen-bond acceptors (Lipinski definition) is 6.